The molecule has 5 heteroatoms. The van der Waals surface area contributed by atoms with Crippen LogP contribution in [0.1, 0.15) is 34.1 Å². The summed E-state index contributed by atoms with van der Waals surface area (Å²) in [6.45, 7) is 8.06. The van der Waals surface area contributed by atoms with Crippen molar-refractivity contribution in [3.8, 4) is 5.75 Å². The number of nitrogens with one attached hydrogen (secondary N) is 1. The van der Waals surface area contributed by atoms with Crippen molar-refractivity contribution < 1.29 is 14.3 Å². The fraction of sp³-hybridized carbons (Fsp3) is 0.529. The van der Waals surface area contributed by atoms with Gasteiger partial charge in [-0.1, -0.05) is 13.8 Å². The number of hydrogen-bond acceptors (Lipinski definition) is 3. The van der Waals surface area contributed by atoms with Gasteiger partial charge in [0.05, 0.1) is 11.1 Å². The summed E-state index contributed by atoms with van der Waals surface area (Å²) in [5.41, 5.74) is 0.778. The summed E-state index contributed by atoms with van der Waals surface area (Å²) in [7, 11) is 1.73. The first kappa shape index (κ1) is 16.3. The Bertz CT molecular complexity index is 594. The zero-order valence-corrected chi connectivity index (χ0v) is 13.9. The molecule has 1 aromatic carbocycles. The van der Waals surface area contributed by atoms with Crippen molar-refractivity contribution in [1.29, 1.82) is 0 Å². The number of benzene rings is 1. The highest BCUT2D eigenvalue weighted by atomic mass is 16.5. The molecule has 1 aliphatic heterocycles. The van der Waals surface area contributed by atoms with E-state index in [0.717, 1.165) is 0 Å². The number of fused-ring (bicyclic) bond motifs is 1. The van der Waals surface area contributed by atoms with Crippen molar-refractivity contribution in [1.82, 2.24) is 0 Å². The number of ether oxygens (including phenoxy) is 1. The molecule has 0 aliphatic carbocycles. The van der Waals surface area contributed by atoms with Gasteiger partial charge in [-0.3, -0.25) is 9.59 Å². The number of hydrogen-bond donors (Lipinski definition) is 1. The van der Waals surface area contributed by atoms with Gasteiger partial charge in [-0.2, -0.15) is 0 Å². The van der Waals surface area contributed by atoms with Crippen molar-refractivity contribution in [2.45, 2.75) is 34.1 Å². The van der Waals surface area contributed by atoms with E-state index < -0.39 is 5.41 Å². The summed E-state index contributed by atoms with van der Waals surface area (Å²) >= 11 is 0. The van der Waals surface area contributed by atoms with Crippen LogP contribution in [0.4, 0.5) is 11.4 Å². The predicted octanol–water partition coefficient (Wildman–Crippen LogP) is 3.05. The van der Waals surface area contributed by atoms with Crippen LogP contribution in [0, 0.1) is 11.3 Å². The maximum atomic E-state index is 12.5. The first-order valence-electron chi connectivity index (χ1n) is 7.55. The molecule has 2 rings (SSSR count). The second kappa shape index (κ2) is 5.99. The van der Waals surface area contributed by atoms with E-state index in [0.29, 0.717) is 36.1 Å². The van der Waals surface area contributed by atoms with Gasteiger partial charge < -0.3 is 15.0 Å². The van der Waals surface area contributed by atoms with E-state index in [2.05, 4.69) is 5.32 Å². The SMILES string of the molecule is CC(C)CC(=O)Nc1ccc2c(c1)N(C)C(=O)C(C)(C)CO2. The number of rotatable bonds is 3. The van der Waals surface area contributed by atoms with Crippen LogP contribution in [0.15, 0.2) is 18.2 Å². The largest absolute Gasteiger partial charge is 0.490 e. The quantitative estimate of drug-likeness (QED) is 0.933. The summed E-state index contributed by atoms with van der Waals surface area (Å²) < 4.78 is 5.75. The zero-order chi connectivity index (χ0) is 16.5. The van der Waals surface area contributed by atoms with Crippen LogP contribution in [0.2, 0.25) is 0 Å². The van der Waals surface area contributed by atoms with Crippen LogP contribution in [0.3, 0.4) is 0 Å². The molecule has 0 saturated carbocycles. The minimum atomic E-state index is -0.575. The normalized spacial score (nSPS) is 16.8. The summed E-state index contributed by atoms with van der Waals surface area (Å²) in [6, 6.07) is 5.38. The molecule has 0 bridgehead atoms. The molecule has 0 radical (unpaired) electrons. The summed E-state index contributed by atoms with van der Waals surface area (Å²) in [6.07, 6.45) is 0.468. The summed E-state index contributed by atoms with van der Waals surface area (Å²) in [5.74, 6) is 0.924. The van der Waals surface area contributed by atoms with Crippen molar-refractivity contribution in [2.24, 2.45) is 11.3 Å². The van der Waals surface area contributed by atoms with Crippen molar-refractivity contribution in [3.05, 3.63) is 18.2 Å². The van der Waals surface area contributed by atoms with Gasteiger partial charge in [-0.05, 0) is 38.0 Å². The van der Waals surface area contributed by atoms with Crippen LogP contribution in [-0.4, -0.2) is 25.5 Å². The number of carbonyl (C=O) groups excluding carboxylic acids is 2. The lowest BCUT2D eigenvalue weighted by Gasteiger charge is -2.24. The maximum absolute atomic E-state index is 12.5. The summed E-state index contributed by atoms with van der Waals surface area (Å²) in [4.78, 5) is 25.9. The Morgan fingerprint density at radius 3 is 2.73 bits per heavy atom. The summed E-state index contributed by atoms with van der Waals surface area (Å²) in [5, 5.41) is 2.87. The van der Waals surface area contributed by atoms with E-state index in [1.54, 1.807) is 30.1 Å². The highest BCUT2D eigenvalue weighted by Gasteiger charge is 2.36. The van der Waals surface area contributed by atoms with Gasteiger partial charge in [0.25, 0.3) is 0 Å². The van der Waals surface area contributed by atoms with E-state index >= 15 is 0 Å². The molecule has 0 aromatic heterocycles. The van der Waals surface area contributed by atoms with E-state index in [-0.39, 0.29) is 11.8 Å². The first-order chi connectivity index (χ1) is 10.2. The molecule has 0 spiro atoms. The van der Waals surface area contributed by atoms with Gasteiger partial charge >= 0.3 is 0 Å². The van der Waals surface area contributed by atoms with Crippen molar-refractivity contribution >= 4 is 23.2 Å². The lowest BCUT2D eigenvalue weighted by molar-refractivity contribution is -0.127. The number of carbonyl (C=O) groups is 2. The van der Waals surface area contributed by atoms with Crippen molar-refractivity contribution in [3.63, 3.8) is 0 Å². The average molecular weight is 304 g/mol. The average Bonchev–Trinajstić information content (AvgIpc) is 2.50. The zero-order valence-electron chi connectivity index (χ0n) is 13.9. The van der Waals surface area contributed by atoms with E-state index in [4.69, 9.17) is 4.74 Å². The maximum Gasteiger partial charge on any atom is 0.235 e. The lowest BCUT2D eigenvalue weighted by Crippen LogP contribution is -2.39. The standard InChI is InChI=1S/C17H24N2O3/c1-11(2)8-15(20)18-12-6-7-14-13(9-12)19(5)16(21)17(3,4)10-22-14/h6-7,9,11H,8,10H2,1-5H3,(H,18,20). The number of anilines is 2. The van der Waals surface area contributed by atoms with Gasteiger partial charge in [0.15, 0.2) is 0 Å². The van der Waals surface area contributed by atoms with E-state index in [9.17, 15) is 9.59 Å². The van der Waals surface area contributed by atoms with Gasteiger partial charge in [-0.25, -0.2) is 0 Å². The highest BCUT2D eigenvalue weighted by Crippen LogP contribution is 2.37. The first-order valence-corrected chi connectivity index (χ1v) is 7.55. The number of nitrogens with zero attached hydrogens (tertiary/aromatic N) is 1. The molecule has 1 N–H and O–H groups in total. The van der Waals surface area contributed by atoms with Crippen LogP contribution >= 0.6 is 0 Å². The Morgan fingerprint density at radius 1 is 1.41 bits per heavy atom. The van der Waals surface area contributed by atoms with Crippen LogP contribution in [0.5, 0.6) is 5.75 Å². The molecule has 0 saturated heterocycles. The smallest absolute Gasteiger partial charge is 0.235 e. The molecule has 1 heterocycles. The van der Waals surface area contributed by atoms with Gasteiger partial charge in [0, 0.05) is 19.2 Å². The highest BCUT2D eigenvalue weighted by molar-refractivity contribution is 6.00. The molecule has 5 nitrogen and oxygen atoms in total. The molecule has 22 heavy (non-hydrogen) atoms. The molecule has 1 aliphatic rings. The Kier molecular flexibility index (Phi) is 4.44. The number of amides is 2. The van der Waals surface area contributed by atoms with Gasteiger partial charge in [0.2, 0.25) is 11.8 Å². The molecular formula is C17H24N2O3. The monoisotopic (exact) mass is 304 g/mol. The van der Waals surface area contributed by atoms with Crippen LogP contribution < -0.4 is 15.0 Å². The fourth-order valence-electron chi connectivity index (χ4n) is 2.45. The molecule has 120 valence electrons. The van der Waals surface area contributed by atoms with E-state index in [1.807, 2.05) is 27.7 Å². The molecule has 0 atom stereocenters. The Hall–Kier alpha value is -2.04. The minimum absolute atomic E-state index is 0.00286. The Balaban J connectivity index is 2.26. The molecule has 0 unspecified atom stereocenters. The fourth-order valence-corrected chi connectivity index (χ4v) is 2.45. The Morgan fingerprint density at radius 2 is 2.09 bits per heavy atom. The van der Waals surface area contributed by atoms with Gasteiger partial charge in [-0.15, -0.1) is 0 Å². The molecular weight excluding hydrogens is 280 g/mol. The van der Waals surface area contributed by atoms with Crippen LogP contribution in [0.25, 0.3) is 0 Å². The molecule has 0 fully saturated rings. The molecule has 2 amide bonds. The second-order valence-corrected chi connectivity index (χ2v) is 6.87. The predicted molar refractivity (Wildman–Crippen MR) is 87.2 cm³/mol. The second-order valence-electron chi connectivity index (χ2n) is 6.87. The van der Waals surface area contributed by atoms with Crippen molar-refractivity contribution in [2.75, 3.05) is 23.9 Å². The third kappa shape index (κ3) is 3.40. The lowest BCUT2D eigenvalue weighted by atomic mass is 9.93. The van der Waals surface area contributed by atoms with Gasteiger partial charge in [0.1, 0.15) is 12.4 Å². The molecule has 1 aromatic rings. The Labute approximate surface area is 131 Å². The third-order valence-corrected chi connectivity index (χ3v) is 3.67. The third-order valence-electron chi connectivity index (χ3n) is 3.67. The van der Waals surface area contributed by atoms with Crippen LogP contribution in [-0.2, 0) is 9.59 Å². The van der Waals surface area contributed by atoms with E-state index in [1.165, 1.54) is 0 Å². The minimum Gasteiger partial charge on any atom is -0.490 e. The topological polar surface area (TPSA) is 58.6 Å².